The van der Waals surface area contributed by atoms with E-state index in [1.165, 1.54) is 5.56 Å². The highest BCUT2D eigenvalue weighted by molar-refractivity contribution is 5.86. The number of benzene rings is 1. The van der Waals surface area contributed by atoms with Crippen LogP contribution in [0.3, 0.4) is 0 Å². The zero-order chi connectivity index (χ0) is 18.5. The predicted octanol–water partition coefficient (Wildman–Crippen LogP) is 0.930. The maximum absolute atomic E-state index is 12.6. The summed E-state index contributed by atoms with van der Waals surface area (Å²) < 4.78 is 0. The smallest absolute Gasteiger partial charge is 0.242 e. The minimum atomic E-state index is 0.0176. The Morgan fingerprint density at radius 2 is 2.04 bits per heavy atom. The van der Waals surface area contributed by atoms with Gasteiger partial charge in [0, 0.05) is 45.3 Å². The molecule has 2 amide bonds. The van der Waals surface area contributed by atoms with Crippen molar-refractivity contribution in [3.8, 4) is 0 Å². The molecule has 2 aliphatic heterocycles. The van der Waals surface area contributed by atoms with E-state index in [1.54, 1.807) is 4.90 Å². The Labute approximate surface area is 156 Å². The quantitative estimate of drug-likeness (QED) is 0.851. The summed E-state index contributed by atoms with van der Waals surface area (Å²) in [5.74, 6) is 0.0676. The van der Waals surface area contributed by atoms with Crippen molar-refractivity contribution in [1.82, 2.24) is 20.0 Å². The molecule has 6 heteroatoms. The molecule has 1 aromatic rings. The van der Waals surface area contributed by atoms with Gasteiger partial charge in [0.15, 0.2) is 0 Å². The summed E-state index contributed by atoms with van der Waals surface area (Å²) in [4.78, 5) is 30.5. The summed E-state index contributed by atoms with van der Waals surface area (Å²) in [6, 6.07) is 11.2. The summed E-state index contributed by atoms with van der Waals surface area (Å²) in [6.07, 6.45) is 1.96. The molecule has 2 atom stereocenters. The molecule has 1 aromatic carbocycles. The van der Waals surface area contributed by atoms with E-state index in [9.17, 15) is 9.59 Å². The molecule has 0 spiro atoms. The van der Waals surface area contributed by atoms with E-state index in [4.69, 9.17) is 0 Å². The number of hydrogen-bond acceptors (Lipinski definition) is 4. The monoisotopic (exact) mass is 358 g/mol. The second-order valence-corrected chi connectivity index (χ2v) is 7.48. The number of likely N-dealkylation sites (N-methyl/N-ethyl adjacent to an activating group) is 1. The van der Waals surface area contributed by atoms with E-state index in [1.807, 2.05) is 18.0 Å². The first-order valence-corrected chi connectivity index (χ1v) is 9.56. The zero-order valence-corrected chi connectivity index (χ0v) is 15.9. The first kappa shape index (κ1) is 18.9. The Morgan fingerprint density at radius 3 is 2.73 bits per heavy atom. The molecule has 6 nitrogen and oxygen atoms in total. The number of piperazine rings is 1. The molecule has 2 heterocycles. The molecule has 0 aliphatic carbocycles. The Kier molecular flexibility index (Phi) is 6.27. The van der Waals surface area contributed by atoms with E-state index >= 15 is 0 Å². The Hall–Kier alpha value is -1.92. The van der Waals surface area contributed by atoms with Gasteiger partial charge in [-0.05, 0) is 25.3 Å². The number of carbonyl (C=O) groups is 2. The topological polar surface area (TPSA) is 55.9 Å². The molecule has 2 aliphatic rings. The van der Waals surface area contributed by atoms with Crippen LogP contribution in [0.25, 0.3) is 0 Å². The van der Waals surface area contributed by atoms with Crippen molar-refractivity contribution in [1.29, 1.82) is 0 Å². The van der Waals surface area contributed by atoms with Crippen molar-refractivity contribution in [2.75, 3.05) is 39.8 Å². The number of likely N-dealkylation sites (tertiary alicyclic amines) is 1. The van der Waals surface area contributed by atoms with Crippen molar-refractivity contribution >= 4 is 11.8 Å². The van der Waals surface area contributed by atoms with Crippen LogP contribution in [0.15, 0.2) is 30.3 Å². The number of nitrogens with one attached hydrogen (secondary N) is 1. The van der Waals surface area contributed by atoms with E-state index in [-0.39, 0.29) is 24.4 Å². The second kappa shape index (κ2) is 8.64. The molecular formula is C20H30N4O2. The summed E-state index contributed by atoms with van der Waals surface area (Å²) in [7, 11) is 1.89. The molecule has 2 saturated heterocycles. The van der Waals surface area contributed by atoms with Crippen LogP contribution >= 0.6 is 0 Å². The standard InChI is InChI=1S/C20H30N4O2/c1-16-12-18(8-10-23(16)14-17-6-4-3-5-7-17)22(2)20(26)15-24-11-9-21-13-19(24)25/h3-7,16,18,21H,8-15H2,1-2H3/t16-,18-/m0/s1. The maximum Gasteiger partial charge on any atom is 0.242 e. The van der Waals surface area contributed by atoms with Crippen molar-refractivity contribution in [2.45, 2.75) is 38.4 Å². The van der Waals surface area contributed by atoms with Crippen LogP contribution in [0.2, 0.25) is 0 Å². The third-order valence-corrected chi connectivity index (χ3v) is 5.67. The summed E-state index contributed by atoms with van der Waals surface area (Å²) in [6.45, 7) is 6.11. The van der Waals surface area contributed by atoms with Crippen LogP contribution in [0.1, 0.15) is 25.3 Å². The average molecular weight is 358 g/mol. The third kappa shape index (κ3) is 4.62. The normalized spacial score (nSPS) is 24.5. The van der Waals surface area contributed by atoms with Crippen LogP contribution in [-0.4, -0.2) is 78.4 Å². The number of carbonyl (C=O) groups excluding carboxylic acids is 2. The van der Waals surface area contributed by atoms with Crippen LogP contribution in [0.5, 0.6) is 0 Å². The Balaban J connectivity index is 1.51. The fourth-order valence-electron chi connectivity index (χ4n) is 3.89. The Bertz CT molecular complexity index is 621. The van der Waals surface area contributed by atoms with E-state index in [0.29, 0.717) is 19.1 Å². The first-order chi connectivity index (χ1) is 12.5. The fourth-order valence-corrected chi connectivity index (χ4v) is 3.89. The minimum absolute atomic E-state index is 0.0176. The lowest BCUT2D eigenvalue weighted by Gasteiger charge is -2.41. The number of hydrogen-bond donors (Lipinski definition) is 1. The van der Waals surface area contributed by atoms with Crippen LogP contribution in [0.4, 0.5) is 0 Å². The lowest BCUT2D eigenvalue weighted by atomic mass is 9.96. The molecule has 1 N–H and O–H groups in total. The SMILES string of the molecule is C[C@H]1C[C@@H](N(C)C(=O)CN2CCNCC2=O)CCN1Cc1ccccc1. The van der Waals surface area contributed by atoms with Crippen molar-refractivity contribution < 1.29 is 9.59 Å². The fraction of sp³-hybridized carbons (Fsp3) is 0.600. The highest BCUT2D eigenvalue weighted by Gasteiger charge is 2.31. The van der Waals surface area contributed by atoms with Gasteiger partial charge in [-0.1, -0.05) is 30.3 Å². The van der Waals surface area contributed by atoms with Gasteiger partial charge in [0.25, 0.3) is 0 Å². The van der Waals surface area contributed by atoms with Crippen LogP contribution < -0.4 is 5.32 Å². The highest BCUT2D eigenvalue weighted by Crippen LogP contribution is 2.23. The average Bonchev–Trinajstić information content (AvgIpc) is 2.65. The van der Waals surface area contributed by atoms with Crippen molar-refractivity contribution in [2.24, 2.45) is 0 Å². The lowest BCUT2D eigenvalue weighted by Crippen LogP contribution is -2.54. The molecule has 0 radical (unpaired) electrons. The number of rotatable bonds is 5. The number of nitrogens with zero attached hydrogens (tertiary/aromatic N) is 3. The molecule has 142 valence electrons. The molecular weight excluding hydrogens is 328 g/mol. The summed E-state index contributed by atoms with van der Waals surface area (Å²) >= 11 is 0. The molecule has 3 rings (SSSR count). The van der Waals surface area contributed by atoms with Gasteiger partial charge in [0.2, 0.25) is 11.8 Å². The van der Waals surface area contributed by atoms with Gasteiger partial charge in [0.05, 0.1) is 13.1 Å². The highest BCUT2D eigenvalue weighted by atomic mass is 16.2. The first-order valence-electron chi connectivity index (χ1n) is 9.56. The van der Waals surface area contributed by atoms with Crippen molar-refractivity contribution in [3.63, 3.8) is 0 Å². The van der Waals surface area contributed by atoms with Gasteiger partial charge in [-0.25, -0.2) is 0 Å². The Morgan fingerprint density at radius 1 is 1.27 bits per heavy atom. The van der Waals surface area contributed by atoms with Gasteiger partial charge in [0.1, 0.15) is 0 Å². The van der Waals surface area contributed by atoms with E-state index in [0.717, 1.165) is 32.5 Å². The van der Waals surface area contributed by atoms with E-state index in [2.05, 4.69) is 41.4 Å². The molecule has 0 bridgehead atoms. The number of amides is 2. The third-order valence-electron chi connectivity index (χ3n) is 5.67. The molecule has 0 unspecified atom stereocenters. The molecule has 0 aromatic heterocycles. The minimum Gasteiger partial charge on any atom is -0.341 e. The van der Waals surface area contributed by atoms with Gasteiger partial charge >= 0.3 is 0 Å². The van der Waals surface area contributed by atoms with Gasteiger partial charge in [-0.3, -0.25) is 14.5 Å². The lowest BCUT2D eigenvalue weighted by molar-refractivity contribution is -0.142. The summed E-state index contributed by atoms with van der Waals surface area (Å²) in [5, 5.41) is 3.04. The molecule has 0 saturated carbocycles. The molecule has 2 fully saturated rings. The largest absolute Gasteiger partial charge is 0.341 e. The second-order valence-electron chi connectivity index (χ2n) is 7.48. The van der Waals surface area contributed by atoms with Crippen LogP contribution in [0, 0.1) is 0 Å². The zero-order valence-electron chi connectivity index (χ0n) is 15.9. The number of piperidine rings is 1. The van der Waals surface area contributed by atoms with Crippen molar-refractivity contribution in [3.05, 3.63) is 35.9 Å². The van der Waals surface area contributed by atoms with E-state index < -0.39 is 0 Å². The van der Waals surface area contributed by atoms with Crippen LogP contribution in [-0.2, 0) is 16.1 Å². The van der Waals surface area contributed by atoms with Gasteiger partial charge < -0.3 is 15.1 Å². The maximum atomic E-state index is 12.6. The van der Waals surface area contributed by atoms with Gasteiger partial charge in [-0.2, -0.15) is 0 Å². The molecule has 26 heavy (non-hydrogen) atoms. The van der Waals surface area contributed by atoms with Gasteiger partial charge in [-0.15, -0.1) is 0 Å². The predicted molar refractivity (Wildman–Crippen MR) is 102 cm³/mol. The summed E-state index contributed by atoms with van der Waals surface area (Å²) in [5.41, 5.74) is 1.33.